The van der Waals surface area contributed by atoms with E-state index in [1.165, 1.54) is 0 Å². The van der Waals surface area contributed by atoms with Crippen LogP contribution in [-0.4, -0.2) is 95.7 Å². The molecule has 324 valence electrons. The maximum absolute atomic E-state index is 14.0. The van der Waals surface area contributed by atoms with Gasteiger partial charge in [-0.3, -0.25) is 0 Å². The molecule has 54 heavy (non-hydrogen) atoms. The van der Waals surface area contributed by atoms with Crippen LogP contribution in [0.15, 0.2) is 0 Å². The molecule has 0 amide bonds. The summed E-state index contributed by atoms with van der Waals surface area (Å²) in [6, 6.07) is 0. The predicted octanol–water partition coefficient (Wildman–Crippen LogP) is 11.7. The maximum Gasteiger partial charge on any atom is 0.460 e. The standard InChI is InChI=1S/C23H17F29O2/c1-2-3-4-5-6-7-8-54-9(53)10(24,25)11(26,27)12(28,29)13(30,31)14(32,33)15(34,35)16(36,37)17(38,39)18(40,41)19(42,43)20(44,45)21(46,47)22(48,49)23(50,51)52/h2-8H2,1H3. The van der Waals surface area contributed by atoms with Gasteiger partial charge in [-0.25, -0.2) is 4.79 Å². The first-order chi connectivity index (χ1) is 23.2. The Kier molecular flexibility index (Phi) is 13.7. The average Bonchev–Trinajstić information content (AvgIpc) is 2.98. The van der Waals surface area contributed by atoms with E-state index in [1.807, 2.05) is 0 Å². The fourth-order valence-electron chi connectivity index (χ4n) is 3.61. The van der Waals surface area contributed by atoms with Crippen LogP contribution in [0.3, 0.4) is 0 Å². The van der Waals surface area contributed by atoms with Gasteiger partial charge in [-0.15, -0.1) is 0 Å². The number of rotatable bonds is 20. The third-order valence-electron chi connectivity index (χ3n) is 7.08. The third-order valence-corrected chi connectivity index (χ3v) is 7.08. The predicted molar refractivity (Wildman–Crippen MR) is 115 cm³/mol. The third kappa shape index (κ3) is 6.92. The van der Waals surface area contributed by atoms with Gasteiger partial charge >= 0.3 is 89.1 Å². The quantitative estimate of drug-likeness (QED) is 0.0692. The Morgan fingerprint density at radius 3 is 0.815 bits per heavy atom. The minimum absolute atomic E-state index is 0.144. The van der Waals surface area contributed by atoms with Crippen LogP contribution in [-0.2, 0) is 9.53 Å². The van der Waals surface area contributed by atoms with E-state index >= 15 is 0 Å². The second kappa shape index (κ2) is 14.4. The first-order valence-electron chi connectivity index (χ1n) is 13.4. The van der Waals surface area contributed by atoms with Crippen molar-refractivity contribution in [2.75, 3.05) is 6.61 Å². The molecule has 0 aliphatic heterocycles. The Morgan fingerprint density at radius 2 is 0.556 bits per heavy atom. The minimum Gasteiger partial charge on any atom is -0.461 e. The van der Waals surface area contributed by atoms with Crippen molar-refractivity contribution < 1.29 is 137 Å². The van der Waals surface area contributed by atoms with Gasteiger partial charge in [-0.1, -0.05) is 39.0 Å². The molecule has 31 heteroatoms. The van der Waals surface area contributed by atoms with Crippen molar-refractivity contribution in [1.29, 1.82) is 0 Å². The highest BCUT2D eigenvalue weighted by atomic mass is 19.4. The largest absolute Gasteiger partial charge is 0.461 e. The molecule has 0 fully saturated rings. The van der Waals surface area contributed by atoms with Gasteiger partial charge in [0.1, 0.15) is 0 Å². The molecule has 0 aliphatic carbocycles. The van der Waals surface area contributed by atoms with Crippen LogP contribution < -0.4 is 0 Å². The summed E-state index contributed by atoms with van der Waals surface area (Å²) in [6.45, 7) is 0.158. The number of carbonyl (C=O) groups is 1. The van der Waals surface area contributed by atoms with E-state index in [0.717, 1.165) is 0 Å². The zero-order valence-electron chi connectivity index (χ0n) is 25.2. The van der Waals surface area contributed by atoms with Gasteiger partial charge in [0, 0.05) is 0 Å². The first-order valence-corrected chi connectivity index (χ1v) is 13.4. The van der Waals surface area contributed by atoms with E-state index < -0.39 is 102 Å². The lowest BCUT2D eigenvalue weighted by Crippen LogP contribution is -2.79. The second-order valence-electron chi connectivity index (χ2n) is 10.9. The molecule has 0 bridgehead atoms. The van der Waals surface area contributed by atoms with Crippen LogP contribution >= 0.6 is 0 Å². The molecule has 0 aromatic heterocycles. The number of hydrogen-bond acceptors (Lipinski definition) is 2. The van der Waals surface area contributed by atoms with Crippen molar-refractivity contribution in [3.8, 4) is 0 Å². The average molecular weight is 876 g/mol. The molecule has 0 saturated heterocycles. The summed E-state index contributed by atoms with van der Waals surface area (Å²) < 4.78 is 396. The summed E-state index contributed by atoms with van der Waals surface area (Å²) in [5.41, 5.74) is 0. The van der Waals surface area contributed by atoms with Crippen LogP contribution in [0, 0.1) is 0 Å². The Balaban J connectivity index is 7.15. The molecule has 0 N–H and O–H groups in total. The molecule has 0 heterocycles. The Morgan fingerprint density at radius 1 is 0.333 bits per heavy atom. The summed E-state index contributed by atoms with van der Waals surface area (Å²) in [6.07, 6.45) is -7.43. The van der Waals surface area contributed by atoms with Crippen LogP contribution in [0.4, 0.5) is 127 Å². The maximum atomic E-state index is 14.0. The van der Waals surface area contributed by atoms with Gasteiger partial charge in [0.25, 0.3) is 0 Å². The molecule has 0 atom stereocenters. The van der Waals surface area contributed by atoms with Gasteiger partial charge in [0.05, 0.1) is 6.61 Å². The number of esters is 1. The van der Waals surface area contributed by atoms with Gasteiger partial charge in [-0.2, -0.15) is 127 Å². The van der Waals surface area contributed by atoms with Crippen molar-refractivity contribution in [2.45, 2.75) is 129 Å². The molecule has 0 aromatic rings. The van der Waals surface area contributed by atoms with Crippen LogP contribution in [0.1, 0.15) is 45.4 Å². The van der Waals surface area contributed by atoms with Gasteiger partial charge in [0.15, 0.2) is 0 Å². The molecule has 0 saturated carbocycles. The zero-order valence-corrected chi connectivity index (χ0v) is 25.2. The van der Waals surface area contributed by atoms with Gasteiger partial charge in [0.2, 0.25) is 0 Å². The topological polar surface area (TPSA) is 26.3 Å². The molecule has 0 aliphatic rings. The lowest BCUT2D eigenvalue weighted by Gasteiger charge is -2.46. The number of hydrogen-bond donors (Lipinski definition) is 0. The smallest absolute Gasteiger partial charge is 0.460 e. The van der Waals surface area contributed by atoms with E-state index in [1.54, 1.807) is 6.92 Å². The van der Waals surface area contributed by atoms with Crippen molar-refractivity contribution >= 4 is 5.97 Å². The van der Waals surface area contributed by atoms with Crippen molar-refractivity contribution in [3.63, 3.8) is 0 Å². The first kappa shape index (κ1) is 51.4. The highest BCUT2D eigenvalue weighted by molar-refractivity contribution is 5.79. The Hall–Kier alpha value is -2.56. The fourth-order valence-corrected chi connectivity index (χ4v) is 3.61. The monoisotopic (exact) mass is 876 g/mol. The van der Waals surface area contributed by atoms with E-state index in [2.05, 4.69) is 4.74 Å². The van der Waals surface area contributed by atoms with Crippen LogP contribution in [0.2, 0.25) is 0 Å². The molecule has 0 aromatic carbocycles. The van der Waals surface area contributed by atoms with Crippen molar-refractivity contribution in [1.82, 2.24) is 0 Å². The normalized spacial score (nSPS) is 16.2. The molecule has 0 rings (SSSR count). The van der Waals surface area contributed by atoms with Crippen molar-refractivity contribution in [3.05, 3.63) is 0 Å². The van der Waals surface area contributed by atoms with Gasteiger partial charge < -0.3 is 4.74 Å². The molecule has 0 spiro atoms. The number of unbranched alkanes of at least 4 members (excludes halogenated alkanes) is 5. The van der Waals surface area contributed by atoms with E-state index in [9.17, 15) is 132 Å². The highest BCUT2D eigenvalue weighted by Gasteiger charge is 3.01. The summed E-state index contributed by atoms with van der Waals surface area (Å²) in [5.74, 6) is -126. The fraction of sp³-hybridized carbons (Fsp3) is 0.957. The lowest BCUT2D eigenvalue weighted by atomic mass is 9.83. The minimum atomic E-state index is -9.98. The Bertz CT molecular complexity index is 1290. The van der Waals surface area contributed by atoms with E-state index in [-0.39, 0.29) is 12.8 Å². The summed E-state index contributed by atoms with van der Waals surface area (Å²) >= 11 is 0. The van der Waals surface area contributed by atoms with Crippen LogP contribution in [0.25, 0.3) is 0 Å². The molecule has 2 nitrogen and oxygen atoms in total. The molecule has 0 unspecified atom stereocenters. The van der Waals surface area contributed by atoms with E-state index in [4.69, 9.17) is 0 Å². The number of carbonyl (C=O) groups excluding carboxylic acids is 1. The van der Waals surface area contributed by atoms with Gasteiger partial charge in [-0.05, 0) is 6.42 Å². The summed E-state index contributed by atoms with van der Waals surface area (Å²) in [5, 5.41) is 0. The molecular formula is C23H17F29O2. The Labute approximate surface area is 279 Å². The van der Waals surface area contributed by atoms with E-state index in [0.29, 0.717) is 19.3 Å². The summed E-state index contributed by atoms with van der Waals surface area (Å²) in [7, 11) is 0. The SMILES string of the molecule is CCCCCCCCOC(=O)C(F)(F)C(F)(F)C(F)(F)C(F)(F)C(F)(F)C(F)(F)C(F)(F)C(F)(F)C(F)(F)C(F)(F)C(F)(F)C(F)(F)C(F)(F)C(F)(F)F. The number of alkyl halides is 29. The molecule has 0 radical (unpaired) electrons. The van der Waals surface area contributed by atoms with Crippen LogP contribution in [0.5, 0.6) is 0 Å². The number of ether oxygens (including phenoxy) is 1. The summed E-state index contributed by atoms with van der Waals surface area (Å²) in [4.78, 5) is 11.3. The number of halogens is 29. The highest BCUT2D eigenvalue weighted by Crippen LogP contribution is 2.69. The van der Waals surface area contributed by atoms with Crippen molar-refractivity contribution in [2.24, 2.45) is 0 Å². The molecular weight excluding hydrogens is 859 g/mol. The second-order valence-corrected chi connectivity index (χ2v) is 10.9. The lowest BCUT2D eigenvalue weighted by molar-refractivity contribution is -0.486. The zero-order chi connectivity index (χ0) is 44.2.